The van der Waals surface area contributed by atoms with Gasteiger partial charge in [0.2, 0.25) is 0 Å². The van der Waals surface area contributed by atoms with Gasteiger partial charge in [0, 0.05) is 0 Å². The van der Waals surface area contributed by atoms with Gasteiger partial charge in [-0.25, -0.2) is 0 Å². The molecule has 0 saturated heterocycles. The lowest BCUT2D eigenvalue weighted by Gasteiger charge is -2.11. The van der Waals surface area contributed by atoms with Crippen molar-refractivity contribution in [3.63, 3.8) is 0 Å². The molecule has 0 aromatic heterocycles. The first-order valence-electron chi connectivity index (χ1n) is 5.04. The van der Waals surface area contributed by atoms with Crippen molar-refractivity contribution in [2.45, 2.75) is 0 Å². The third kappa shape index (κ3) is 4.73. The highest BCUT2D eigenvalue weighted by molar-refractivity contribution is 9.10. The van der Waals surface area contributed by atoms with Crippen LogP contribution in [0, 0.1) is 11.3 Å². The number of methoxy groups -OCH3 is 1. The van der Waals surface area contributed by atoms with Crippen molar-refractivity contribution in [3.05, 3.63) is 22.2 Å². The summed E-state index contributed by atoms with van der Waals surface area (Å²) in [4.78, 5) is 0. The number of nitrogens with zero attached hydrogens (tertiary/aromatic N) is 2. The molecule has 1 aromatic carbocycles. The van der Waals surface area contributed by atoms with Crippen LogP contribution in [0.25, 0.3) is 0 Å². The minimum absolute atomic E-state index is 0.0641. The number of rotatable bonds is 5. The molecule has 0 unspecified atom stereocenters. The summed E-state index contributed by atoms with van der Waals surface area (Å²) in [5.74, 6) is 0.949. The first-order chi connectivity index (χ1) is 9.08. The Morgan fingerprint density at radius 2 is 2.42 bits per heavy atom. The van der Waals surface area contributed by atoms with Gasteiger partial charge in [0.1, 0.15) is 6.07 Å². The van der Waals surface area contributed by atoms with Gasteiger partial charge < -0.3 is 15.2 Å². The van der Waals surface area contributed by atoms with Crippen molar-refractivity contribution in [1.29, 1.82) is 5.26 Å². The van der Waals surface area contributed by atoms with Gasteiger partial charge >= 0.3 is 0 Å². The highest BCUT2D eigenvalue weighted by Crippen LogP contribution is 2.36. The SMILES string of the molecule is COc1cc(C=NNC(N)=S)cc(Br)c1OCC#N. The van der Waals surface area contributed by atoms with Crippen LogP contribution >= 0.6 is 28.1 Å². The van der Waals surface area contributed by atoms with Crippen LogP contribution in [-0.4, -0.2) is 25.0 Å². The van der Waals surface area contributed by atoms with E-state index in [0.29, 0.717) is 16.0 Å². The lowest BCUT2D eigenvalue weighted by atomic mass is 10.2. The summed E-state index contributed by atoms with van der Waals surface area (Å²) in [5, 5.41) is 12.4. The minimum atomic E-state index is -0.0641. The van der Waals surface area contributed by atoms with Gasteiger partial charge in [0.05, 0.1) is 17.8 Å². The molecular weight excluding hydrogens is 332 g/mol. The van der Waals surface area contributed by atoms with Crippen LogP contribution in [0.3, 0.4) is 0 Å². The predicted octanol–water partition coefficient (Wildman–Crippen LogP) is 1.53. The number of benzene rings is 1. The van der Waals surface area contributed by atoms with E-state index < -0.39 is 0 Å². The Balaban J connectivity index is 2.99. The van der Waals surface area contributed by atoms with Crippen molar-refractivity contribution in [2.24, 2.45) is 10.8 Å². The third-order valence-electron chi connectivity index (χ3n) is 1.92. The number of hydrogen-bond acceptors (Lipinski definition) is 5. The first-order valence-corrected chi connectivity index (χ1v) is 6.24. The second-order valence-electron chi connectivity index (χ2n) is 3.22. The maximum atomic E-state index is 8.52. The molecule has 0 radical (unpaired) electrons. The topological polar surface area (TPSA) is 92.7 Å². The van der Waals surface area contributed by atoms with Crippen molar-refractivity contribution in [3.8, 4) is 17.6 Å². The molecule has 19 heavy (non-hydrogen) atoms. The summed E-state index contributed by atoms with van der Waals surface area (Å²) in [6.07, 6.45) is 1.53. The lowest BCUT2D eigenvalue weighted by Crippen LogP contribution is -2.23. The van der Waals surface area contributed by atoms with Gasteiger partial charge in [0.25, 0.3) is 0 Å². The molecule has 0 spiro atoms. The molecule has 6 nitrogen and oxygen atoms in total. The fraction of sp³-hybridized carbons (Fsp3) is 0.182. The van der Waals surface area contributed by atoms with Gasteiger partial charge in [-0.1, -0.05) is 0 Å². The van der Waals surface area contributed by atoms with E-state index in [9.17, 15) is 0 Å². The van der Waals surface area contributed by atoms with Crippen molar-refractivity contribution < 1.29 is 9.47 Å². The van der Waals surface area contributed by atoms with E-state index in [1.807, 2.05) is 6.07 Å². The van der Waals surface area contributed by atoms with E-state index >= 15 is 0 Å². The van der Waals surface area contributed by atoms with Gasteiger partial charge in [-0.2, -0.15) is 10.4 Å². The van der Waals surface area contributed by atoms with E-state index in [1.54, 1.807) is 12.1 Å². The van der Waals surface area contributed by atoms with Crippen molar-refractivity contribution in [2.75, 3.05) is 13.7 Å². The summed E-state index contributed by atoms with van der Waals surface area (Å²) >= 11 is 7.97. The molecule has 100 valence electrons. The standard InChI is InChI=1S/C11H11BrN4O2S/c1-17-9-5-7(6-15-16-11(14)19)4-8(12)10(9)18-3-2-13/h4-6H,3H2,1H3,(H3,14,16,19). The van der Waals surface area contributed by atoms with E-state index in [4.69, 9.17) is 20.5 Å². The Hall–Kier alpha value is -1.85. The molecule has 0 aliphatic rings. The highest BCUT2D eigenvalue weighted by Gasteiger charge is 2.10. The van der Waals surface area contributed by atoms with Crippen LogP contribution in [0.15, 0.2) is 21.7 Å². The van der Waals surface area contributed by atoms with E-state index in [0.717, 1.165) is 5.56 Å². The molecule has 0 aliphatic heterocycles. The van der Waals surface area contributed by atoms with Crippen LogP contribution in [-0.2, 0) is 0 Å². The number of nitrogens with two attached hydrogens (primary N) is 1. The molecule has 8 heteroatoms. The quantitative estimate of drug-likeness (QED) is 0.478. The zero-order valence-corrected chi connectivity index (χ0v) is 12.4. The van der Waals surface area contributed by atoms with Crippen LogP contribution in [0.2, 0.25) is 0 Å². The zero-order chi connectivity index (χ0) is 14.3. The monoisotopic (exact) mass is 342 g/mol. The van der Waals surface area contributed by atoms with Crippen molar-refractivity contribution in [1.82, 2.24) is 5.43 Å². The molecule has 1 rings (SSSR count). The number of halogens is 1. The first kappa shape index (κ1) is 15.2. The van der Waals surface area contributed by atoms with E-state index in [2.05, 4.69) is 38.7 Å². The van der Waals surface area contributed by atoms with Crippen LogP contribution < -0.4 is 20.6 Å². The molecule has 1 aromatic rings. The van der Waals surface area contributed by atoms with Crippen LogP contribution in [0.5, 0.6) is 11.5 Å². The normalized spacial score (nSPS) is 9.95. The minimum Gasteiger partial charge on any atom is -0.493 e. The maximum Gasteiger partial charge on any atom is 0.184 e. The molecule has 0 fully saturated rings. The van der Waals surface area contributed by atoms with Crippen LogP contribution in [0.4, 0.5) is 0 Å². The fourth-order valence-corrected chi connectivity index (χ4v) is 1.86. The average Bonchev–Trinajstić information content (AvgIpc) is 2.36. The summed E-state index contributed by atoms with van der Waals surface area (Å²) < 4.78 is 11.1. The molecule has 0 saturated carbocycles. The number of thiocarbonyl (C=S) groups is 1. The summed E-state index contributed by atoms with van der Waals surface area (Å²) in [6, 6.07) is 5.37. The van der Waals surface area contributed by atoms with E-state index in [-0.39, 0.29) is 11.7 Å². The average molecular weight is 343 g/mol. The van der Waals surface area contributed by atoms with Crippen LogP contribution in [0.1, 0.15) is 5.56 Å². The number of hydrogen-bond donors (Lipinski definition) is 2. The van der Waals surface area contributed by atoms with E-state index in [1.165, 1.54) is 13.3 Å². The maximum absolute atomic E-state index is 8.52. The molecule has 0 amide bonds. The Morgan fingerprint density at radius 1 is 1.68 bits per heavy atom. The number of nitriles is 1. The van der Waals surface area contributed by atoms with Gasteiger partial charge in [-0.05, 0) is 45.8 Å². The molecule has 0 bridgehead atoms. The summed E-state index contributed by atoms with van der Waals surface area (Å²) in [5.41, 5.74) is 8.44. The molecule has 0 aliphatic carbocycles. The van der Waals surface area contributed by atoms with Crippen molar-refractivity contribution >= 4 is 39.5 Å². The number of ether oxygens (including phenoxy) is 2. The number of nitrogens with one attached hydrogen (secondary N) is 1. The zero-order valence-electron chi connectivity index (χ0n) is 10.0. The summed E-state index contributed by atoms with van der Waals surface area (Å²) in [6.45, 7) is -0.0641. The Kier molecular flexibility index (Phi) is 6.05. The second kappa shape index (κ2) is 7.56. The van der Waals surface area contributed by atoms with Gasteiger partial charge in [-0.15, -0.1) is 0 Å². The third-order valence-corrected chi connectivity index (χ3v) is 2.60. The predicted molar refractivity (Wildman–Crippen MR) is 79.3 cm³/mol. The molecule has 3 N–H and O–H groups in total. The Morgan fingerprint density at radius 3 is 3.00 bits per heavy atom. The molecular formula is C11H11BrN4O2S. The summed E-state index contributed by atoms with van der Waals surface area (Å²) in [7, 11) is 1.51. The second-order valence-corrected chi connectivity index (χ2v) is 4.51. The fourth-order valence-electron chi connectivity index (χ4n) is 1.23. The smallest absolute Gasteiger partial charge is 0.184 e. The lowest BCUT2D eigenvalue weighted by molar-refractivity contribution is 0.327. The highest BCUT2D eigenvalue weighted by atomic mass is 79.9. The Bertz CT molecular complexity index is 542. The molecule has 0 heterocycles. The number of hydrazone groups is 1. The van der Waals surface area contributed by atoms with Gasteiger partial charge in [0.15, 0.2) is 23.2 Å². The van der Waals surface area contributed by atoms with Gasteiger partial charge in [-0.3, -0.25) is 5.43 Å². The Labute approximate surface area is 124 Å². The molecule has 0 atom stereocenters. The largest absolute Gasteiger partial charge is 0.493 e.